The molecule has 2 rings (SSSR count). The summed E-state index contributed by atoms with van der Waals surface area (Å²) < 4.78 is 13.7. The van der Waals surface area contributed by atoms with Crippen molar-refractivity contribution in [3.8, 4) is 0 Å². The third-order valence-corrected chi connectivity index (χ3v) is 4.13. The van der Waals surface area contributed by atoms with E-state index in [4.69, 9.17) is 11.0 Å². The minimum absolute atomic E-state index is 0.407. The van der Waals surface area contributed by atoms with Gasteiger partial charge < -0.3 is 5.32 Å². The maximum absolute atomic E-state index is 12.1. The molecule has 2 aromatic rings. The first-order valence-electron chi connectivity index (χ1n) is 6.27. The number of benzene rings is 2. The molecule has 106 valence electrons. The van der Waals surface area contributed by atoms with Gasteiger partial charge >= 0.3 is 7.59 Å². The minimum Gasteiger partial charge on any atom is -0.388 e. The first kappa shape index (κ1) is 14.6. The SMILES string of the molecule is CNc1ccc(N(Cc2ccccc2)P(N)(N)=O)cc1. The summed E-state index contributed by atoms with van der Waals surface area (Å²) in [7, 11) is -1.53. The fourth-order valence-electron chi connectivity index (χ4n) is 1.94. The van der Waals surface area contributed by atoms with Crippen molar-refractivity contribution in [1.82, 2.24) is 0 Å². The van der Waals surface area contributed by atoms with Crippen LogP contribution in [-0.4, -0.2) is 7.05 Å². The van der Waals surface area contributed by atoms with E-state index in [1.165, 1.54) is 0 Å². The zero-order valence-electron chi connectivity index (χ0n) is 11.4. The van der Waals surface area contributed by atoms with Gasteiger partial charge in [0.15, 0.2) is 0 Å². The molecular formula is C14H19N4OP. The minimum atomic E-state index is -3.37. The van der Waals surface area contributed by atoms with E-state index in [1.807, 2.05) is 61.6 Å². The van der Waals surface area contributed by atoms with Crippen LogP contribution in [0.25, 0.3) is 0 Å². The lowest BCUT2D eigenvalue weighted by molar-refractivity contribution is 0.572. The smallest absolute Gasteiger partial charge is 0.300 e. The predicted octanol–water partition coefficient (Wildman–Crippen LogP) is 2.76. The Balaban J connectivity index is 2.30. The first-order valence-corrected chi connectivity index (χ1v) is 8.07. The van der Waals surface area contributed by atoms with E-state index in [-0.39, 0.29) is 0 Å². The molecule has 0 bridgehead atoms. The molecule has 5 N–H and O–H groups in total. The molecule has 0 radical (unpaired) electrons. The van der Waals surface area contributed by atoms with E-state index in [9.17, 15) is 4.57 Å². The standard InChI is InChI=1S/C14H19N4OP/c1-17-13-7-9-14(10-8-13)18(20(15,16)19)11-12-5-3-2-4-6-12/h2-10,17H,11H2,1H3,(H4,15,16,19). The van der Waals surface area contributed by atoms with Crippen LogP contribution in [0.1, 0.15) is 5.56 Å². The Morgan fingerprint density at radius 3 is 2.15 bits per heavy atom. The van der Waals surface area contributed by atoms with Crippen molar-refractivity contribution >= 4 is 19.0 Å². The van der Waals surface area contributed by atoms with Crippen LogP contribution < -0.4 is 21.0 Å². The third kappa shape index (κ3) is 3.61. The van der Waals surface area contributed by atoms with Gasteiger partial charge in [-0.25, -0.2) is 0 Å². The summed E-state index contributed by atoms with van der Waals surface area (Å²) in [6, 6.07) is 17.2. The van der Waals surface area contributed by atoms with Gasteiger partial charge in [0.2, 0.25) is 0 Å². The molecule has 0 aliphatic rings. The van der Waals surface area contributed by atoms with Crippen LogP contribution in [0.15, 0.2) is 54.6 Å². The molecule has 0 aliphatic carbocycles. The molecule has 0 heterocycles. The Hall–Kier alpha value is -1.81. The fraction of sp³-hybridized carbons (Fsp3) is 0.143. The van der Waals surface area contributed by atoms with E-state index in [2.05, 4.69) is 5.32 Å². The Morgan fingerprint density at radius 1 is 1.05 bits per heavy atom. The molecule has 20 heavy (non-hydrogen) atoms. The lowest BCUT2D eigenvalue weighted by Gasteiger charge is -2.28. The highest BCUT2D eigenvalue weighted by atomic mass is 31.2. The predicted molar refractivity (Wildman–Crippen MR) is 84.6 cm³/mol. The lowest BCUT2D eigenvalue weighted by atomic mass is 10.2. The van der Waals surface area contributed by atoms with Gasteiger partial charge in [-0.2, -0.15) is 0 Å². The van der Waals surface area contributed by atoms with Crippen molar-refractivity contribution in [2.24, 2.45) is 11.0 Å². The van der Waals surface area contributed by atoms with Gasteiger partial charge in [0.05, 0.1) is 6.54 Å². The monoisotopic (exact) mass is 290 g/mol. The number of nitrogens with two attached hydrogens (primary N) is 2. The molecule has 0 amide bonds. The largest absolute Gasteiger partial charge is 0.388 e. The van der Waals surface area contributed by atoms with E-state index in [0.29, 0.717) is 6.54 Å². The molecule has 0 saturated heterocycles. The number of hydrogen-bond donors (Lipinski definition) is 3. The molecule has 5 nitrogen and oxygen atoms in total. The molecule has 0 aromatic heterocycles. The summed E-state index contributed by atoms with van der Waals surface area (Å²) in [6.45, 7) is 0.407. The highest BCUT2D eigenvalue weighted by molar-refractivity contribution is 7.60. The van der Waals surface area contributed by atoms with Crippen molar-refractivity contribution in [2.45, 2.75) is 6.54 Å². The molecule has 0 aliphatic heterocycles. The van der Waals surface area contributed by atoms with Gasteiger partial charge in [0.1, 0.15) is 0 Å². The molecule has 0 unspecified atom stereocenters. The number of anilines is 2. The summed E-state index contributed by atoms with van der Waals surface area (Å²) in [6.07, 6.45) is 0. The Labute approximate surface area is 119 Å². The Morgan fingerprint density at radius 2 is 1.65 bits per heavy atom. The summed E-state index contributed by atoms with van der Waals surface area (Å²) in [5, 5.41) is 3.03. The number of rotatable bonds is 5. The average Bonchev–Trinajstić information content (AvgIpc) is 2.45. The van der Waals surface area contributed by atoms with Crippen molar-refractivity contribution in [2.75, 3.05) is 17.0 Å². The van der Waals surface area contributed by atoms with Gasteiger partial charge in [-0.05, 0) is 29.8 Å². The van der Waals surface area contributed by atoms with Crippen LogP contribution in [0.2, 0.25) is 0 Å². The topological polar surface area (TPSA) is 84.4 Å². The van der Waals surface area contributed by atoms with Crippen molar-refractivity contribution in [3.63, 3.8) is 0 Å². The highest BCUT2D eigenvalue weighted by Gasteiger charge is 2.21. The average molecular weight is 290 g/mol. The molecule has 2 aromatic carbocycles. The normalized spacial score (nSPS) is 11.2. The first-order chi connectivity index (χ1) is 9.50. The molecule has 0 spiro atoms. The number of nitrogens with zero attached hydrogens (tertiary/aromatic N) is 1. The zero-order valence-corrected chi connectivity index (χ0v) is 12.3. The van der Waals surface area contributed by atoms with Gasteiger partial charge in [-0.15, -0.1) is 0 Å². The van der Waals surface area contributed by atoms with Crippen molar-refractivity contribution < 1.29 is 4.57 Å². The Kier molecular flexibility index (Phi) is 4.45. The zero-order chi connectivity index (χ0) is 14.6. The van der Waals surface area contributed by atoms with E-state index in [1.54, 1.807) is 4.67 Å². The van der Waals surface area contributed by atoms with Crippen molar-refractivity contribution in [1.29, 1.82) is 0 Å². The van der Waals surface area contributed by atoms with Gasteiger partial charge in [0, 0.05) is 18.4 Å². The van der Waals surface area contributed by atoms with Crippen molar-refractivity contribution in [3.05, 3.63) is 60.2 Å². The quantitative estimate of drug-likeness (QED) is 0.737. The summed E-state index contributed by atoms with van der Waals surface area (Å²) >= 11 is 0. The van der Waals surface area contributed by atoms with Crippen LogP contribution in [0.4, 0.5) is 11.4 Å². The number of nitrogens with one attached hydrogen (secondary N) is 1. The van der Waals surface area contributed by atoms with Gasteiger partial charge in [-0.3, -0.25) is 20.2 Å². The summed E-state index contributed by atoms with van der Waals surface area (Å²) in [5.41, 5.74) is 14.1. The van der Waals surface area contributed by atoms with Gasteiger partial charge in [-0.1, -0.05) is 30.3 Å². The second-order valence-electron chi connectivity index (χ2n) is 4.51. The van der Waals surface area contributed by atoms with Gasteiger partial charge in [0.25, 0.3) is 0 Å². The van der Waals surface area contributed by atoms with Crippen LogP contribution in [0.3, 0.4) is 0 Å². The van der Waals surface area contributed by atoms with E-state index in [0.717, 1.165) is 16.9 Å². The van der Waals surface area contributed by atoms with Crippen LogP contribution >= 0.6 is 7.59 Å². The van der Waals surface area contributed by atoms with E-state index >= 15 is 0 Å². The second kappa shape index (κ2) is 6.09. The second-order valence-corrected chi connectivity index (χ2v) is 6.34. The molecule has 0 fully saturated rings. The lowest BCUT2D eigenvalue weighted by Crippen LogP contribution is -2.28. The molecule has 6 heteroatoms. The summed E-state index contributed by atoms with van der Waals surface area (Å²) in [5.74, 6) is 0. The molecule has 0 saturated carbocycles. The van der Waals surface area contributed by atoms with Crippen LogP contribution in [0, 0.1) is 0 Å². The fourth-order valence-corrected chi connectivity index (χ4v) is 2.82. The van der Waals surface area contributed by atoms with E-state index < -0.39 is 7.59 Å². The third-order valence-electron chi connectivity index (χ3n) is 3.01. The molecular weight excluding hydrogens is 271 g/mol. The highest BCUT2D eigenvalue weighted by Crippen LogP contribution is 2.38. The Bertz CT molecular complexity index is 594. The number of hydrogen-bond acceptors (Lipinski definition) is 2. The van der Waals surface area contributed by atoms with Crippen LogP contribution in [0.5, 0.6) is 0 Å². The summed E-state index contributed by atoms with van der Waals surface area (Å²) in [4.78, 5) is 0. The maximum atomic E-state index is 12.1. The molecule has 0 atom stereocenters. The maximum Gasteiger partial charge on any atom is 0.300 e. The van der Waals surface area contributed by atoms with Crippen LogP contribution in [-0.2, 0) is 11.1 Å².